The van der Waals surface area contributed by atoms with Gasteiger partial charge in [-0.3, -0.25) is 18.1 Å². The van der Waals surface area contributed by atoms with Crippen LogP contribution in [-0.4, -0.2) is 28.4 Å². The number of para-hydroxylation sites is 1. The number of rotatable bonds is 11. The van der Waals surface area contributed by atoms with Crippen LogP contribution >= 0.6 is 15.4 Å². The summed E-state index contributed by atoms with van der Waals surface area (Å²) in [6, 6.07) is 16.2. The van der Waals surface area contributed by atoms with Crippen molar-refractivity contribution in [2.24, 2.45) is 0 Å². The lowest BCUT2D eigenvalue weighted by Crippen LogP contribution is -2.12. The number of phosphoric ester groups is 1. The molecule has 0 saturated heterocycles. The average molecular weight is 430 g/mol. The highest BCUT2D eigenvalue weighted by Gasteiger charge is 2.43. The Labute approximate surface area is 164 Å². The van der Waals surface area contributed by atoms with E-state index in [2.05, 4.69) is 0 Å². The van der Waals surface area contributed by atoms with Crippen LogP contribution < -0.4 is 4.74 Å². The van der Waals surface area contributed by atoms with Crippen molar-refractivity contribution in [3.8, 4) is 5.75 Å². The monoisotopic (exact) mass is 430 g/mol. The number of ether oxygens (including phenoxy) is 1. The summed E-state index contributed by atoms with van der Waals surface area (Å²) in [5.41, 5.74) is 1.06. The summed E-state index contributed by atoms with van der Waals surface area (Å²) >= 11 is 0. The zero-order valence-corrected chi connectivity index (χ0v) is 17.9. The zero-order chi connectivity index (χ0) is 20.6. The molecule has 28 heavy (non-hydrogen) atoms. The van der Waals surface area contributed by atoms with Gasteiger partial charge in [-0.05, 0) is 17.7 Å². The van der Waals surface area contributed by atoms with E-state index in [0.29, 0.717) is 16.9 Å². The Bertz CT molecular complexity index is 826. The molecule has 8 nitrogen and oxygen atoms in total. The fourth-order valence-corrected chi connectivity index (χ4v) is 5.03. The van der Waals surface area contributed by atoms with Crippen molar-refractivity contribution in [1.29, 1.82) is 0 Å². The van der Waals surface area contributed by atoms with Crippen LogP contribution in [0.2, 0.25) is 0 Å². The lowest BCUT2D eigenvalue weighted by Gasteiger charge is -2.28. The Morgan fingerprint density at radius 3 is 1.93 bits per heavy atom. The molecule has 0 radical (unpaired) electrons. The number of hydrogen-bond acceptors (Lipinski definition) is 8. The maximum Gasteiger partial charge on any atom is 0.475 e. The largest absolute Gasteiger partial charge is 0.489 e. The fourth-order valence-electron chi connectivity index (χ4n) is 2.42. The van der Waals surface area contributed by atoms with Gasteiger partial charge in [-0.25, -0.2) is 4.57 Å². The third kappa shape index (κ3) is 5.52. The molecule has 1 atom stereocenters. The van der Waals surface area contributed by atoms with E-state index in [1.54, 1.807) is 24.3 Å². The van der Waals surface area contributed by atoms with E-state index < -0.39 is 21.3 Å². The van der Waals surface area contributed by atoms with Crippen LogP contribution in [0.3, 0.4) is 0 Å². The molecular weight excluding hydrogens is 406 g/mol. The number of benzene rings is 2. The van der Waals surface area contributed by atoms with Crippen molar-refractivity contribution in [2.75, 3.05) is 28.4 Å². The van der Waals surface area contributed by atoms with Crippen LogP contribution in [0.15, 0.2) is 54.6 Å². The lowest BCUT2D eigenvalue weighted by molar-refractivity contribution is 0.115. The van der Waals surface area contributed by atoms with Crippen molar-refractivity contribution < 1.29 is 36.5 Å². The molecule has 0 aliphatic heterocycles. The van der Waals surface area contributed by atoms with Crippen molar-refractivity contribution in [3.05, 3.63) is 65.7 Å². The summed E-state index contributed by atoms with van der Waals surface area (Å²) in [6.45, 7) is 0.151. The van der Waals surface area contributed by atoms with Crippen LogP contribution in [0.25, 0.3) is 0 Å². The molecule has 154 valence electrons. The summed E-state index contributed by atoms with van der Waals surface area (Å²) in [6.07, 6.45) is 0. The number of phosphoric acid groups is 1. The Hall–Kier alpha value is -1.50. The van der Waals surface area contributed by atoms with Crippen molar-refractivity contribution in [1.82, 2.24) is 0 Å². The van der Waals surface area contributed by atoms with Crippen molar-refractivity contribution >= 4 is 15.4 Å². The smallest absolute Gasteiger partial charge is 0.475 e. The molecule has 0 N–H and O–H groups in total. The molecule has 10 heteroatoms. The van der Waals surface area contributed by atoms with E-state index >= 15 is 0 Å². The summed E-state index contributed by atoms with van der Waals surface area (Å²) in [7, 11) is -3.10. The predicted molar refractivity (Wildman–Crippen MR) is 104 cm³/mol. The van der Waals surface area contributed by atoms with Crippen LogP contribution in [0, 0.1) is 0 Å². The highest BCUT2D eigenvalue weighted by molar-refractivity contribution is 7.55. The summed E-state index contributed by atoms with van der Waals surface area (Å²) < 4.78 is 56.9. The van der Waals surface area contributed by atoms with Gasteiger partial charge in [0.2, 0.25) is 0 Å². The summed E-state index contributed by atoms with van der Waals surface area (Å²) in [5.74, 6) is -0.695. The fraction of sp³-hybridized carbons (Fsp3) is 0.333. The molecule has 2 aromatic carbocycles. The normalized spacial score (nSPS) is 13.3. The van der Waals surface area contributed by atoms with Crippen LogP contribution in [0.1, 0.15) is 17.0 Å². The minimum absolute atomic E-state index is 0.151. The summed E-state index contributed by atoms with van der Waals surface area (Å²) in [4.78, 5) is 0. The van der Waals surface area contributed by atoms with Gasteiger partial charge in [-0.15, -0.1) is 0 Å². The molecule has 0 spiro atoms. The number of hydrogen-bond donors (Lipinski definition) is 0. The highest BCUT2D eigenvalue weighted by atomic mass is 31.2. The van der Waals surface area contributed by atoms with Gasteiger partial charge in [0.05, 0.1) is 0 Å². The molecule has 0 saturated carbocycles. The molecule has 0 heterocycles. The first-order valence-electron chi connectivity index (χ1n) is 8.28. The average Bonchev–Trinajstić information content (AvgIpc) is 2.76. The van der Waals surface area contributed by atoms with E-state index in [1.165, 1.54) is 14.2 Å². The Balaban J connectivity index is 2.42. The third-order valence-corrected chi connectivity index (χ3v) is 7.44. The molecule has 0 fully saturated rings. The standard InChI is InChI=1S/C18H24O8P2/c1-21-27(19,22-2)18(26-28(20,23-3)24-4)17-13-9-8-10-15(17)14-25-16-11-6-5-7-12-16/h5-13,18H,14H2,1-4H3. The van der Waals surface area contributed by atoms with Gasteiger partial charge in [-0.1, -0.05) is 42.5 Å². The van der Waals surface area contributed by atoms with Crippen LogP contribution in [0.5, 0.6) is 5.75 Å². The van der Waals surface area contributed by atoms with Gasteiger partial charge in [0, 0.05) is 34.0 Å². The van der Waals surface area contributed by atoms with Gasteiger partial charge in [-0.2, -0.15) is 0 Å². The quantitative estimate of drug-likeness (QED) is 0.451. The lowest BCUT2D eigenvalue weighted by atomic mass is 10.1. The first-order valence-corrected chi connectivity index (χ1v) is 11.4. The van der Waals surface area contributed by atoms with E-state index in [4.69, 9.17) is 27.4 Å². The zero-order valence-electron chi connectivity index (χ0n) is 16.1. The minimum atomic E-state index is -4.00. The maximum absolute atomic E-state index is 13.1. The van der Waals surface area contributed by atoms with E-state index in [0.717, 1.165) is 14.2 Å². The molecule has 0 bridgehead atoms. The van der Waals surface area contributed by atoms with Gasteiger partial charge in [0.15, 0.2) is 5.85 Å². The van der Waals surface area contributed by atoms with Gasteiger partial charge in [0.1, 0.15) is 12.4 Å². The van der Waals surface area contributed by atoms with E-state index in [1.807, 2.05) is 30.3 Å². The van der Waals surface area contributed by atoms with Crippen LogP contribution in [0.4, 0.5) is 0 Å². The summed E-state index contributed by atoms with van der Waals surface area (Å²) in [5, 5.41) is 0. The third-order valence-electron chi connectivity index (χ3n) is 3.93. The second kappa shape index (κ2) is 10.3. The van der Waals surface area contributed by atoms with Crippen molar-refractivity contribution in [3.63, 3.8) is 0 Å². The van der Waals surface area contributed by atoms with Crippen molar-refractivity contribution in [2.45, 2.75) is 12.5 Å². The topological polar surface area (TPSA) is 89.5 Å². The molecule has 0 aliphatic carbocycles. The van der Waals surface area contributed by atoms with E-state index in [-0.39, 0.29) is 6.61 Å². The molecule has 1 unspecified atom stereocenters. The SMILES string of the molecule is COP(=O)(OC)OC(c1ccccc1COc1ccccc1)P(=O)(OC)OC. The molecule has 2 rings (SSSR count). The Morgan fingerprint density at radius 2 is 1.36 bits per heavy atom. The predicted octanol–water partition coefficient (Wildman–Crippen LogP) is 5.17. The molecule has 0 amide bonds. The molecule has 2 aromatic rings. The van der Waals surface area contributed by atoms with Gasteiger partial charge in [0.25, 0.3) is 0 Å². The van der Waals surface area contributed by atoms with Gasteiger partial charge >= 0.3 is 15.4 Å². The first-order chi connectivity index (χ1) is 13.4. The molecule has 0 aromatic heterocycles. The minimum Gasteiger partial charge on any atom is -0.489 e. The highest BCUT2D eigenvalue weighted by Crippen LogP contribution is 2.67. The molecule has 0 aliphatic rings. The Kier molecular flexibility index (Phi) is 8.40. The molecular formula is C18H24O8P2. The Morgan fingerprint density at radius 1 is 0.786 bits per heavy atom. The van der Waals surface area contributed by atoms with Crippen LogP contribution in [-0.2, 0) is 38.4 Å². The van der Waals surface area contributed by atoms with E-state index in [9.17, 15) is 9.13 Å². The second-order valence-electron chi connectivity index (χ2n) is 5.48. The van der Waals surface area contributed by atoms with Gasteiger partial charge < -0.3 is 13.8 Å². The second-order valence-corrected chi connectivity index (χ2v) is 9.59. The maximum atomic E-state index is 13.1. The first kappa shape index (κ1) is 22.8.